The van der Waals surface area contributed by atoms with Crippen LogP contribution in [0, 0.1) is 51.2 Å². The molecule has 4 saturated carbocycles. The Balaban J connectivity index is 1.42. The maximum Gasteiger partial charge on any atom is 0.323 e. The van der Waals surface area contributed by atoms with Crippen LogP contribution in [0.15, 0.2) is 0 Å². The number of carbonyl (C=O) groups excluding carboxylic acids is 1. The molecular weight excluding hydrogens is 498 g/mol. The summed E-state index contributed by atoms with van der Waals surface area (Å²) in [5.41, 5.74) is 6.20. The lowest BCUT2D eigenvalue weighted by Gasteiger charge is -2.70. The highest BCUT2D eigenvalue weighted by Crippen LogP contribution is 2.76. The summed E-state index contributed by atoms with van der Waals surface area (Å²) in [4.78, 5) is 12.9. The zero-order valence-corrected chi connectivity index (χ0v) is 27.4. The van der Waals surface area contributed by atoms with Crippen molar-refractivity contribution in [3.63, 3.8) is 0 Å². The van der Waals surface area contributed by atoms with E-state index in [1.165, 1.54) is 19.3 Å². The van der Waals surface area contributed by atoms with Gasteiger partial charge in [-0.15, -0.1) is 0 Å². The third-order valence-corrected chi connectivity index (χ3v) is 14.3. The predicted octanol–water partition coefficient (Wildman–Crippen LogP) is 7.28. The largest absolute Gasteiger partial charge is 0.461 e. The second-order valence-corrected chi connectivity index (χ2v) is 17.5. The number of hydrogen-bond donors (Lipinski definition) is 2. The molecule has 0 spiro atoms. The van der Waals surface area contributed by atoms with E-state index in [1.54, 1.807) is 0 Å². The molecule has 1 heterocycles. The molecule has 1 aliphatic heterocycles. The second-order valence-electron chi connectivity index (χ2n) is 17.5. The normalized spacial score (nSPS) is 50.4. The van der Waals surface area contributed by atoms with Crippen molar-refractivity contribution in [2.24, 2.45) is 57.0 Å². The maximum atomic E-state index is 12.9. The summed E-state index contributed by atoms with van der Waals surface area (Å²) in [6.45, 7) is 23.1. The highest BCUT2D eigenvalue weighted by atomic mass is 16.5. The lowest BCUT2D eigenvalue weighted by Crippen LogP contribution is -2.67. The van der Waals surface area contributed by atoms with Crippen LogP contribution in [0.3, 0.4) is 0 Å². The number of rotatable bonds is 4. The van der Waals surface area contributed by atoms with Gasteiger partial charge in [-0.2, -0.15) is 0 Å². The molecule has 5 heteroatoms. The van der Waals surface area contributed by atoms with Crippen molar-refractivity contribution in [3.8, 4) is 0 Å². The number of carbonyl (C=O) groups is 1. The van der Waals surface area contributed by atoms with Crippen LogP contribution in [0.25, 0.3) is 0 Å². The van der Waals surface area contributed by atoms with Crippen LogP contribution in [0.1, 0.15) is 133 Å². The fourth-order valence-electron chi connectivity index (χ4n) is 12.0. The minimum Gasteiger partial charge on any atom is -0.461 e. The Labute approximate surface area is 245 Å². The molecule has 0 bridgehead atoms. The fourth-order valence-corrected chi connectivity index (χ4v) is 12.0. The van der Waals surface area contributed by atoms with Crippen molar-refractivity contribution in [1.29, 1.82) is 0 Å². The van der Waals surface area contributed by atoms with Gasteiger partial charge in [0.1, 0.15) is 12.1 Å². The predicted molar refractivity (Wildman–Crippen MR) is 161 cm³/mol. The molecule has 3 N–H and O–H groups in total. The summed E-state index contributed by atoms with van der Waals surface area (Å²) in [5, 5.41) is 12.1. The van der Waals surface area contributed by atoms with E-state index in [0.717, 1.165) is 44.9 Å². The van der Waals surface area contributed by atoms with Gasteiger partial charge >= 0.3 is 5.97 Å². The molecule has 5 fully saturated rings. The number of aliphatic hydroxyl groups excluding tert-OH is 1. The molecule has 4 aliphatic carbocycles. The lowest BCUT2D eigenvalue weighted by atomic mass is 9.35. The summed E-state index contributed by atoms with van der Waals surface area (Å²) in [7, 11) is 0. The number of ether oxygens (including phenoxy) is 2. The summed E-state index contributed by atoms with van der Waals surface area (Å²) in [6.07, 6.45) is 10.5. The lowest BCUT2D eigenvalue weighted by molar-refractivity contribution is -0.259. The Morgan fingerprint density at radius 1 is 0.875 bits per heavy atom. The number of nitrogens with two attached hydrogens (primary N) is 1. The smallest absolute Gasteiger partial charge is 0.323 e. The van der Waals surface area contributed by atoms with Gasteiger partial charge in [0.2, 0.25) is 0 Å². The van der Waals surface area contributed by atoms with Gasteiger partial charge in [-0.05, 0) is 131 Å². The summed E-state index contributed by atoms with van der Waals surface area (Å²) < 4.78 is 13.1. The molecule has 230 valence electrons. The van der Waals surface area contributed by atoms with Crippen LogP contribution in [0.4, 0.5) is 0 Å². The SMILES string of the molecule is CC(C)C(N)C(=O)O[C@H]1CC[C@]2(C)[C@H]3C[C@@H](O)[C@@H]4[C@@H]([C@@]5(C)CCCC(C)(C)O5)CC[C@@]4(C)[C@]3(C)CC[C@H]2C1(C)C. The van der Waals surface area contributed by atoms with E-state index in [0.29, 0.717) is 17.8 Å². The van der Waals surface area contributed by atoms with Gasteiger partial charge < -0.3 is 20.3 Å². The van der Waals surface area contributed by atoms with Crippen molar-refractivity contribution in [1.82, 2.24) is 0 Å². The third-order valence-electron chi connectivity index (χ3n) is 14.3. The molecule has 0 amide bonds. The van der Waals surface area contributed by atoms with Gasteiger partial charge in [-0.25, -0.2) is 0 Å². The highest BCUT2D eigenvalue weighted by Gasteiger charge is 2.72. The van der Waals surface area contributed by atoms with Gasteiger partial charge in [0, 0.05) is 5.41 Å². The molecule has 5 nitrogen and oxygen atoms in total. The van der Waals surface area contributed by atoms with E-state index in [-0.39, 0.29) is 62.9 Å². The molecule has 5 aliphatic rings. The molecule has 40 heavy (non-hydrogen) atoms. The van der Waals surface area contributed by atoms with Gasteiger partial charge in [0.05, 0.1) is 17.3 Å². The number of aliphatic hydroxyl groups is 1. The van der Waals surface area contributed by atoms with Crippen LogP contribution in [0.5, 0.6) is 0 Å². The monoisotopic (exact) mass is 559 g/mol. The van der Waals surface area contributed by atoms with Gasteiger partial charge in [-0.3, -0.25) is 4.79 Å². The minimum atomic E-state index is -0.569. The standard InChI is InChI=1S/C35H61NO4/c1-21(2)28(36)29(38)39-26-14-17-32(7)24(31(26,5)6)13-19-33(8)25(32)20-23(37)27-22(12-18-34(27,33)9)35(10)16-11-15-30(3,4)40-35/h21-28,37H,11-20,36H2,1-10H3/t22-,23+,24-,25+,26-,27-,28?,32-,33+,34+,35+/m0/s1. The van der Waals surface area contributed by atoms with Crippen LogP contribution >= 0.6 is 0 Å². The van der Waals surface area contributed by atoms with Crippen molar-refractivity contribution in [2.45, 2.75) is 163 Å². The van der Waals surface area contributed by atoms with Crippen molar-refractivity contribution in [3.05, 3.63) is 0 Å². The van der Waals surface area contributed by atoms with E-state index < -0.39 is 6.04 Å². The van der Waals surface area contributed by atoms with Crippen LogP contribution in [-0.4, -0.2) is 40.5 Å². The average molecular weight is 560 g/mol. The fraction of sp³-hybridized carbons (Fsp3) is 0.971. The van der Waals surface area contributed by atoms with Gasteiger partial charge in [0.25, 0.3) is 0 Å². The Bertz CT molecular complexity index is 992. The topological polar surface area (TPSA) is 81.8 Å². The van der Waals surface area contributed by atoms with E-state index in [2.05, 4.69) is 55.4 Å². The molecule has 11 atom stereocenters. The van der Waals surface area contributed by atoms with Crippen LogP contribution in [-0.2, 0) is 14.3 Å². The number of esters is 1. The third kappa shape index (κ3) is 4.36. The van der Waals surface area contributed by atoms with Gasteiger partial charge in [-0.1, -0.05) is 48.5 Å². The summed E-state index contributed by atoms with van der Waals surface area (Å²) >= 11 is 0. The molecule has 1 saturated heterocycles. The molecular formula is C35H61NO4. The molecule has 0 radical (unpaired) electrons. The first kappa shape index (κ1) is 30.8. The first-order chi connectivity index (χ1) is 18.3. The first-order valence-corrected chi connectivity index (χ1v) is 16.7. The number of fused-ring (bicyclic) bond motifs is 5. The number of hydrogen-bond acceptors (Lipinski definition) is 5. The quantitative estimate of drug-likeness (QED) is 0.354. The average Bonchev–Trinajstić information content (AvgIpc) is 3.22. The van der Waals surface area contributed by atoms with E-state index >= 15 is 0 Å². The van der Waals surface area contributed by atoms with Crippen molar-refractivity contribution in [2.75, 3.05) is 0 Å². The van der Waals surface area contributed by atoms with E-state index in [4.69, 9.17) is 15.2 Å². The summed E-state index contributed by atoms with van der Waals surface area (Å²) in [5.74, 6) is 1.42. The Hall–Kier alpha value is -0.650. The maximum absolute atomic E-state index is 12.9. The highest BCUT2D eigenvalue weighted by molar-refractivity contribution is 5.76. The van der Waals surface area contributed by atoms with E-state index in [1.807, 2.05) is 13.8 Å². The minimum absolute atomic E-state index is 0.0693. The molecule has 0 aromatic carbocycles. The molecule has 5 rings (SSSR count). The zero-order chi connectivity index (χ0) is 29.7. The molecule has 0 aromatic rings. The van der Waals surface area contributed by atoms with Crippen molar-refractivity contribution >= 4 is 5.97 Å². The van der Waals surface area contributed by atoms with Crippen molar-refractivity contribution < 1.29 is 19.4 Å². The molecule has 1 unspecified atom stereocenters. The summed E-state index contributed by atoms with van der Waals surface area (Å²) in [6, 6.07) is -0.569. The molecule has 0 aromatic heterocycles. The van der Waals surface area contributed by atoms with Crippen LogP contribution in [0.2, 0.25) is 0 Å². The van der Waals surface area contributed by atoms with Gasteiger partial charge in [0.15, 0.2) is 0 Å². The Kier molecular flexibility index (Phi) is 7.45. The Morgan fingerprint density at radius 2 is 1.52 bits per heavy atom. The van der Waals surface area contributed by atoms with E-state index in [9.17, 15) is 9.90 Å². The van der Waals surface area contributed by atoms with Crippen LogP contribution < -0.4 is 5.73 Å². The first-order valence-electron chi connectivity index (χ1n) is 16.7. The second kappa shape index (κ2) is 9.68. The Morgan fingerprint density at radius 3 is 2.15 bits per heavy atom. The zero-order valence-electron chi connectivity index (χ0n) is 27.4.